The van der Waals surface area contributed by atoms with Gasteiger partial charge in [-0.25, -0.2) is 4.98 Å². The fraction of sp³-hybridized carbons (Fsp3) is 0.450. The Labute approximate surface area is 163 Å². The van der Waals surface area contributed by atoms with E-state index < -0.39 is 11.5 Å². The van der Waals surface area contributed by atoms with E-state index in [0.29, 0.717) is 21.9 Å². The molecule has 0 aliphatic heterocycles. The maximum Gasteiger partial charge on any atom is 0.306 e. The second-order valence-electron chi connectivity index (χ2n) is 7.77. The highest BCUT2D eigenvalue weighted by molar-refractivity contribution is 7.14. The van der Waals surface area contributed by atoms with Crippen LogP contribution in [0, 0.1) is 6.92 Å². The van der Waals surface area contributed by atoms with E-state index in [4.69, 9.17) is 4.74 Å². The second-order valence-corrected chi connectivity index (χ2v) is 8.77. The Morgan fingerprint density at radius 1 is 1.26 bits per heavy atom. The van der Waals surface area contributed by atoms with E-state index in [0.717, 1.165) is 5.01 Å². The molecule has 2 N–H and O–H groups in total. The number of thiazole rings is 1. The van der Waals surface area contributed by atoms with Gasteiger partial charge in [-0.1, -0.05) is 32.9 Å². The zero-order valence-corrected chi connectivity index (χ0v) is 17.4. The molecular formula is C20H26N2O4S. The molecule has 0 radical (unpaired) electrons. The summed E-state index contributed by atoms with van der Waals surface area (Å²) < 4.78 is 5.24. The van der Waals surface area contributed by atoms with E-state index in [-0.39, 0.29) is 17.7 Å². The lowest BCUT2D eigenvalue weighted by atomic mass is 9.88. The van der Waals surface area contributed by atoms with Crippen molar-refractivity contribution in [3.63, 3.8) is 0 Å². The number of methoxy groups -OCH3 is 1. The first-order valence-electron chi connectivity index (χ1n) is 8.63. The molecule has 0 aliphatic carbocycles. The Balaban J connectivity index is 2.40. The van der Waals surface area contributed by atoms with E-state index in [1.165, 1.54) is 11.3 Å². The quantitative estimate of drug-likeness (QED) is 0.781. The molecule has 0 aliphatic rings. The fourth-order valence-corrected chi connectivity index (χ4v) is 3.74. The Morgan fingerprint density at radius 3 is 2.44 bits per heavy atom. The summed E-state index contributed by atoms with van der Waals surface area (Å²) in [6.07, 6.45) is -0.254. The van der Waals surface area contributed by atoms with Crippen molar-refractivity contribution in [2.24, 2.45) is 0 Å². The number of rotatable bonds is 6. The molecule has 6 nitrogen and oxygen atoms in total. The predicted octanol–water partition coefficient (Wildman–Crippen LogP) is 3.88. The van der Waals surface area contributed by atoms with Crippen LogP contribution in [0.4, 0.5) is 0 Å². The van der Waals surface area contributed by atoms with Gasteiger partial charge in [0, 0.05) is 5.41 Å². The highest BCUT2D eigenvalue weighted by Crippen LogP contribution is 2.32. The molecule has 0 saturated carbocycles. The van der Waals surface area contributed by atoms with Gasteiger partial charge in [-0.05, 0) is 31.5 Å². The molecule has 0 fully saturated rings. The number of ether oxygens (including phenoxy) is 1. The van der Waals surface area contributed by atoms with E-state index in [1.54, 1.807) is 45.2 Å². The zero-order chi connectivity index (χ0) is 20.4. The number of nitrogens with one attached hydrogen (secondary N) is 1. The summed E-state index contributed by atoms with van der Waals surface area (Å²) in [5.74, 6) is -0.730. The Morgan fingerprint density at radius 2 is 1.93 bits per heavy atom. The number of carbonyl (C=O) groups is 2. The molecule has 1 atom stereocenters. The maximum atomic E-state index is 13.0. The van der Waals surface area contributed by atoms with E-state index >= 15 is 0 Å². The van der Waals surface area contributed by atoms with Gasteiger partial charge < -0.3 is 15.2 Å². The lowest BCUT2D eigenvalue weighted by Gasteiger charge is -2.30. The minimum atomic E-state index is -1.09. The second kappa shape index (κ2) is 7.68. The topological polar surface area (TPSA) is 88.5 Å². The third-order valence-electron chi connectivity index (χ3n) is 4.25. The molecule has 1 aromatic heterocycles. The average Bonchev–Trinajstić information content (AvgIpc) is 2.96. The standard InChI is InChI=1S/C20H26N2O4S/c1-12-16(27-18(21-12)19(2,3)4)17(25)22-20(5,11-15(23)24)13-8-7-9-14(10-13)26-6/h7-10H,11H2,1-6H3,(H,22,25)(H,23,24). The van der Waals surface area contributed by atoms with Crippen LogP contribution in [0.1, 0.15) is 60.1 Å². The lowest BCUT2D eigenvalue weighted by molar-refractivity contribution is -0.138. The third-order valence-corrected chi connectivity index (χ3v) is 5.83. The van der Waals surface area contributed by atoms with Gasteiger partial charge in [-0.15, -0.1) is 11.3 Å². The molecule has 0 spiro atoms. The normalized spacial score (nSPS) is 13.7. The largest absolute Gasteiger partial charge is 0.497 e. The van der Waals surface area contributed by atoms with Gasteiger partial charge in [0.15, 0.2) is 0 Å². The van der Waals surface area contributed by atoms with E-state index in [2.05, 4.69) is 10.3 Å². The van der Waals surface area contributed by atoms with Crippen LogP contribution in [0.25, 0.3) is 0 Å². The molecule has 1 amide bonds. The molecule has 27 heavy (non-hydrogen) atoms. The number of aromatic nitrogens is 1. The minimum Gasteiger partial charge on any atom is -0.497 e. The summed E-state index contributed by atoms with van der Waals surface area (Å²) in [7, 11) is 1.54. The maximum absolute atomic E-state index is 13.0. The summed E-state index contributed by atoms with van der Waals surface area (Å²) in [6, 6.07) is 7.07. The van der Waals surface area contributed by atoms with E-state index in [9.17, 15) is 14.7 Å². The van der Waals surface area contributed by atoms with Crippen LogP contribution in [-0.4, -0.2) is 29.1 Å². The van der Waals surface area contributed by atoms with Crippen molar-refractivity contribution < 1.29 is 19.4 Å². The number of hydrogen-bond donors (Lipinski definition) is 2. The molecule has 1 unspecified atom stereocenters. The highest BCUT2D eigenvalue weighted by Gasteiger charge is 2.34. The molecule has 2 aromatic rings. The van der Waals surface area contributed by atoms with Crippen LogP contribution < -0.4 is 10.1 Å². The number of carbonyl (C=O) groups excluding carboxylic acids is 1. The summed E-state index contributed by atoms with van der Waals surface area (Å²) in [5, 5.41) is 13.2. The first-order chi connectivity index (χ1) is 12.5. The lowest BCUT2D eigenvalue weighted by Crippen LogP contribution is -2.45. The summed E-state index contributed by atoms with van der Waals surface area (Å²) >= 11 is 1.34. The van der Waals surface area contributed by atoms with E-state index in [1.807, 2.05) is 20.8 Å². The van der Waals surface area contributed by atoms with Crippen LogP contribution in [0.3, 0.4) is 0 Å². The monoisotopic (exact) mass is 390 g/mol. The van der Waals surface area contributed by atoms with Crippen molar-refractivity contribution in [2.75, 3.05) is 7.11 Å². The SMILES string of the molecule is COc1cccc(C(C)(CC(=O)O)NC(=O)c2sc(C(C)(C)C)nc2C)c1. The van der Waals surface area contributed by atoms with Gasteiger partial charge >= 0.3 is 5.97 Å². The smallest absolute Gasteiger partial charge is 0.306 e. The Hall–Kier alpha value is -2.41. The molecule has 2 rings (SSSR count). The molecular weight excluding hydrogens is 364 g/mol. The van der Waals surface area contributed by atoms with Gasteiger partial charge in [-0.3, -0.25) is 9.59 Å². The minimum absolute atomic E-state index is 0.162. The Kier molecular flexibility index (Phi) is 5.94. The highest BCUT2D eigenvalue weighted by atomic mass is 32.1. The molecule has 1 aromatic carbocycles. The number of carboxylic acid groups (broad SMARTS) is 1. The number of amides is 1. The summed E-state index contributed by atoms with van der Waals surface area (Å²) in [6.45, 7) is 9.61. The number of benzene rings is 1. The number of aliphatic carboxylic acids is 1. The van der Waals surface area contributed by atoms with Gasteiger partial charge in [-0.2, -0.15) is 0 Å². The Bertz CT molecular complexity index is 854. The fourth-order valence-electron chi connectivity index (χ4n) is 2.72. The van der Waals surface area contributed by atoms with Crippen molar-refractivity contribution in [2.45, 2.75) is 52.0 Å². The zero-order valence-electron chi connectivity index (χ0n) is 16.5. The van der Waals surface area contributed by atoms with Gasteiger partial charge in [0.25, 0.3) is 5.91 Å². The van der Waals surface area contributed by atoms with Gasteiger partial charge in [0.05, 0.1) is 29.8 Å². The van der Waals surface area contributed by atoms with Crippen molar-refractivity contribution in [1.29, 1.82) is 0 Å². The summed E-state index contributed by atoms with van der Waals surface area (Å²) in [4.78, 5) is 29.5. The summed E-state index contributed by atoms with van der Waals surface area (Å²) in [5.41, 5.74) is 0.0579. The van der Waals surface area contributed by atoms with Crippen LogP contribution >= 0.6 is 11.3 Å². The van der Waals surface area contributed by atoms with Crippen molar-refractivity contribution in [3.8, 4) is 5.75 Å². The third kappa shape index (κ3) is 4.86. The van der Waals surface area contributed by atoms with Crippen molar-refractivity contribution in [3.05, 3.63) is 45.4 Å². The average molecular weight is 391 g/mol. The molecule has 1 heterocycles. The molecule has 146 valence electrons. The van der Waals surface area contributed by atoms with Gasteiger partial charge in [0.2, 0.25) is 0 Å². The number of nitrogens with zero attached hydrogens (tertiary/aromatic N) is 1. The van der Waals surface area contributed by atoms with Crippen molar-refractivity contribution in [1.82, 2.24) is 10.3 Å². The van der Waals surface area contributed by atoms with Crippen LogP contribution in [0.5, 0.6) is 5.75 Å². The molecule has 0 saturated heterocycles. The molecule has 7 heteroatoms. The van der Waals surface area contributed by atoms with Crippen LogP contribution in [-0.2, 0) is 15.7 Å². The van der Waals surface area contributed by atoms with Crippen molar-refractivity contribution >= 4 is 23.2 Å². The number of hydrogen-bond acceptors (Lipinski definition) is 5. The predicted molar refractivity (Wildman–Crippen MR) is 106 cm³/mol. The first kappa shape index (κ1) is 20.9. The molecule has 0 bridgehead atoms. The van der Waals surface area contributed by atoms with Crippen LogP contribution in [0.15, 0.2) is 24.3 Å². The van der Waals surface area contributed by atoms with Gasteiger partial charge in [0.1, 0.15) is 10.6 Å². The van der Waals surface area contributed by atoms with Crippen LogP contribution in [0.2, 0.25) is 0 Å². The number of carboxylic acids is 1. The first-order valence-corrected chi connectivity index (χ1v) is 9.44. The number of aryl methyl sites for hydroxylation is 1.